The lowest BCUT2D eigenvalue weighted by molar-refractivity contribution is 0.0592. The van der Waals surface area contributed by atoms with E-state index in [0.29, 0.717) is 23.9 Å². The molecule has 25 heavy (non-hydrogen) atoms. The molecule has 0 aliphatic carbocycles. The van der Waals surface area contributed by atoms with Gasteiger partial charge in [0.15, 0.2) is 0 Å². The molecule has 1 fully saturated rings. The fraction of sp³-hybridized carbons (Fsp3) is 0.444. The average molecular weight is 384 g/mol. The lowest BCUT2D eigenvalue weighted by Crippen LogP contribution is -2.48. The van der Waals surface area contributed by atoms with E-state index in [0.717, 1.165) is 24.2 Å². The van der Waals surface area contributed by atoms with Gasteiger partial charge in [0.05, 0.1) is 11.7 Å². The Kier molecular flexibility index (Phi) is 6.87. The van der Waals surface area contributed by atoms with Crippen molar-refractivity contribution < 1.29 is 9.32 Å². The summed E-state index contributed by atoms with van der Waals surface area (Å²) in [5.74, 6) is 0.463. The van der Waals surface area contributed by atoms with Gasteiger partial charge in [-0.1, -0.05) is 42.7 Å². The first-order chi connectivity index (χ1) is 11.6. The van der Waals surface area contributed by atoms with Crippen molar-refractivity contribution in [2.75, 3.05) is 19.6 Å². The minimum atomic E-state index is -0.122. The number of nitrogens with one attached hydrogen (secondary N) is 1. The molecule has 0 radical (unpaired) electrons. The number of rotatable bonds is 4. The van der Waals surface area contributed by atoms with Crippen molar-refractivity contribution in [1.29, 1.82) is 0 Å². The quantitative estimate of drug-likeness (QED) is 0.864. The Morgan fingerprint density at radius 3 is 3.00 bits per heavy atom. The highest BCUT2D eigenvalue weighted by molar-refractivity contribution is 6.30. The molecule has 1 aliphatic heterocycles. The number of piperazine rings is 1. The van der Waals surface area contributed by atoms with Gasteiger partial charge in [0, 0.05) is 36.6 Å². The molecule has 1 saturated heterocycles. The van der Waals surface area contributed by atoms with Crippen LogP contribution in [0.4, 0.5) is 0 Å². The first-order valence-corrected chi connectivity index (χ1v) is 8.71. The van der Waals surface area contributed by atoms with Gasteiger partial charge in [0.1, 0.15) is 0 Å². The van der Waals surface area contributed by atoms with E-state index in [-0.39, 0.29) is 30.3 Å². The predicted octanol–water partition coefficient (Wildman–Crippen LogP) is 4.05. The van der Waals surface area contributed by atoms with Crippen LogP contribution in [0.25, 0.3) is 0 Å². The zero-order chi connectivity index (χ0) is 17.1. The van der Waals surface area contributed by atoms with Crippen LogP contribution in [-0.2, 0) is 0 Å². The maximum Gasteiger partial charge on any atom is 0.293 e. The number of nitrogens with zero attached hydrogens (tertiary/aromatic N) is 2. The number of hydrogen-bond donors (Lipinski definition) is 1. The van der Waals surface area contributed by atoms with Gasteiger partial charge >= 0.3 is 0 Å². The van der Waals surface area contributed by atoms with Crippen molar-refractivity contribution in [1.82, 2.24) is 15.4 Å². The van der Waals surface area contributed by atoms with Crippen molar-refractivity contribution in [2.45, 2.75) is 32.2 Å². The molecule has 1 aliphatic rings. The van der Waals surface area contributed by atoms with Crippen molar-refractivity contribution in [3.63, 3.8) is 0 Å². The largest absolute Gasteiger partial charge is 0.351 e. The number of carbonyl (C=O) groups is 1. The molecule has 0 bridgehead atoms. The van der Waals surface area contributed by atoms with Gasteiger partial charge in [0.2, 0.25) is 5.76 Å². The Bertz CT molecular complexity index is 720. The lowest BCUT2D eigenvalue weighted by Gasteiger charge is -2.36. The molecule has 5 nitrogen and oxygen atoms in total. The fourth-order valence-corrected chi connectivity index (χ4v) is 3.13. The SMILES string of the molecule is CCC(C)c1cc(C(=O)N2CCNCC2c2cccc(Cl)c2)on1.Cl. The standard InChI is InChI=1S/C18H22ClN3O2.ClH/c1-3-12(2)15-10-17(24-21-15)18(23)22-8-7-20-11-16(22)13-5-4-6-14(19)9-13;/h4-6,9-10,12,16,20H,3,7-8,11H2,1-2H3;1H. The second kappa shape index (κ2) is 8.70. The molecule has 1 N–H and O–H groups in total. The Morgan fingerprint density at radius 2 is 2.28 bits per heavy atom. The number of hydrogen-bond acceptors (Lipinski definition) is 4. The summed E-state index contributed by atoms with van der Waals surface area (Å²) < 4.78 is 5.32. The summed E-state index contributed by atoms with van der Waals surface area (Å²) in [6, 6.07) is 9.35. The summed E-state index contributed by atoms with van der Waals surface area (Å²) in [5.41, 5.74) is 1.85. The van der Waals surface area contributed by atoms with E-state index in [1.165, 1.54) is 0 Å². The minimum Gasteiger partial charge on any atom is -0.351 e. The Hall–Kier alpha value is -1.56. The second-order valence-corrected chi connectivity index (χ2v) is 6.64. The molecule has 1 amide bonds. The Morgan fingerprint density at radius 1 is 1.48 bits per heavy atom. The van der Waals surface area contributed by atoms with Crippen LogP contribution >= 0.6 is 24.0 Å². The number of benzene rings is 1. The van der Waals surface area contributed by atoms with E-state index in [9.17, 15) is 4.79 Å². The first kappa shape index (κ1) is 19.8. The van der Waals surface area contributed by atoms with E-state index in [1.54, 1.807) is 6.07 Å². The van der Waals surface area contributed by atoms with Crippen LogP contribution in [0.1, 0.15) is 54.0 Å². The predicted molar refractivity (Wildman–Crippen MR) is 101 cm³/mol. The van der Waals surface area contributed by atoms with E-state index < -0.39 is 0 Å². The monoisotopic (exact) mass is 383 g/mol. The number of halogens is 2. The van der Waals surface area contributed by atoms with Crippen LogP contribution < -0.4 is 5.32 Å². The minimum absolute atomic E-state index is 0. The van der Waals surface area contributed by atoms with E-state index in [2.05, 4.69) is 24.3 Å². The molecular formula is C18H23Cl2N3O2. The summed E-state index contributed by atoms with van der Waals surface area (Å²) >= 11 is 6.11. The van der Waals surface area contributed by atoms with Crippen molar-refractivity contribution >= 4 is 29.9 Å². The van der Waals surface area contributed by atoms with Crippen LogP contribution in [-0.4, -0.2) is 35.6 Å². The Labute approximate surface area is 159 Å². The van der Waals surface area contributed by atoms with Crippen molar-refractivity contribution in [3.05, 3.63) is 52.4 Å². The molecule has 2 unspecified atom stereocenters. The maximum atomic E-state index is 12.9. The third-order valence-corrected chi connectivity index (χ3v) is 4.83. The van der Waals surface area contributed by atoms with E-state index in [1.807, 2.05) is 29.2 Å². The maximum absolute atomic E-state index is 12.9. The van der Waals surface area contributed by atoms with Crippen LogP contribution in [0.5, 0.6) is 0 Å². The van der Waals surface area contributed by atoms with Gasteiger partial charge in [-0.2, -0.15) is 0 Å². The van der Waals surface area contributed by atoms with Crippen LogP contribution in [0.15, 0.2) is 34.9 Å². The third-order valence-electron chi connectivity index (χ3n) is 4.59. The Balaban J connectivity index is 0.00000225. The molecule has 2 heterocycles. The third kappa shape index (κ3) is 4.35. The molecule has 136 valence electrons. The zero-order valence-electron chi connectivity index (χ0n) is 14.4. The lowest BCUT2D eigenvalue weighted by atomic mass is 10.0. The molecule has 3 rings (SSSR count). The van der Waals surface area contributed by atoms with Crippen LogP contribution in [0.2, 0.25) is 5.02 Å². The number of aromatic nitrogens is 1. The molecule has 1 aromatic carbocycles. The highest BCUT2D eigenvalue weighted by atomic mass is 35.5. The van der Waals surface area contributed by atoms with Gasteiger partial charge < -0.3 is 14.7 Å². The number of carbonyl (C=O) groups excluding carboxylic acids is 1. The van der Waals surface area contributed by atoms with E-state index >= 15 is 0 Å². The molecule has 0 saturated carbocycles. The molecular weight excluding hydrogens is 361 g/mol. The molecule has 1 aromatic heterocycles. The fourth-order valence-electron chi connectivity index (χ4n) is 2.93. The first-order valence-electron chi connectivity index (χ1n) is 8.34. The van der Waals surface area contributed by atoms with Crippen LogP contribution in [0.3, 0.4) is 0 Å². The summed E-state index contributed by atoms with van der Waals surface area (Å²) in [6.45, 7) is 6.24. The molecule has 2 atom stereocenters. The highest BCUT2D eigenvalue weighted by Gasteiger charge is 2.31. The van der Waals surface area contributed by atoms with E-state index in [4.69, 9.17) is 16.1 Å². The molecule has 0 spiro atoms. The zero-order valence-corrected chi connectivity index (χ0v) is 15.9. The summed E-state index contributed by atoms with van der Waals surface area (Å²) in [7, 11) is 0. The van der Waals surface area contributed by atoms with Crippen molar-refractivity contribution in [3.8, 4) is 0 Å². The van der Waals surface area contributed by atoms with Gasteiger partial charge in [-0.25, -0.2) is 0 Å². The number of amides is 1. The summed E-state index contributed by atoms with van der Waals surface area (Å²) in [5, 5.41) is 8.06. The topological polar surface area (TPSA) is 58.4 Å². The molecule has 7 heteroatoms. The normalized spacial score (nSPS) is 18.5. The highest BCUT2D eigenvalue weighted by Crippen LogP contribution is 2.27. The molecule has 2 aromatic rings. The van der Waals surface area contributed by atoms with Crippen molar-refractivity contribution in [2.24, 2.45) is 0 Å². The van der Waals surface area contributed by atoms with Gasteiger partial charge in [-0.3, -0.25) is 4.79 Å². The smallest absolute Gasteiger partial charge is 0.293 e. The van der Waals surface area contributed by atoms with Gasteiger partial charge in [-0.05, 0) is 24.1 Å². The van der Waals surface area contributed by atoms with Crippen LogP contribution in [0, 0.1) is 0 Å². The average Bonchev–Trinajstić information content (AvgIpc) is 3.10. The summed E-state index contributed by atoms with van der Waals surface area (Å²) in [4.78, 5) is 14.8. The summed E-state index contributed by atoms with van der Waals surface area (Å²) in [6.07, 6.45) is 0.957. The van der Waals surface area contributed by atoms with Gasteiger partial charge in [0.25, 0.3) is 5.91 Å². The van der Waals surface area contributed by atoms with Gasteiger partial charge in [-0.15, -0.1) is 12.4 Å². The second-order valence-electron chi connectivity index (χ2n) is 6.20.